The molecule has 1 fully saturated rings. The first-order valence-electron chi connectivity index (χ1n) is 9.87. The van der Waals surface area contributed by atoms with Gasteiger partial charge >= 0.3 is 0 Å². The highest BCUT2D eigenvalue weighted by Crippen LogP contribution is 2.23. The molecule has 4 rings (SSSR count). The molecule has 2 heterocycles. The summed E-state index contributed by atoms with van der Waals surface area (Å²) < 4.78 is 0. The fraction of sp³-hybridized carbons (Fsp3) is 0.318. The number of aromatic nitrogens is 3. The van der Waals surface area contributed by atoms with Crippen LogP contribution in [0.2, 0.25) is 0 Å². The van der Waals surface area contributed by atoms with E-state index in [1.807, 2.05) is 0 Å². The molecular weight excluding hydrogens is 348 g/mol. The third kappa shape index (κ3) is 4.76. The minimum atomic E-state index is 0.486. The maximum atomic E-state index is 4.51. The van der Waals surface area contributed by atoms with Crippen molar-refractivity contribution in [1.29, 1.82) is 0 Å². The van der Waals surface area contributed by atoms with Gasteiger partial charge in [-0.25, -0.2) is 0 Å². The van der Waals surface area contributed by atoms with Crippen LogP contribution >= 0.6 is 0 Å². The quantitative estimate of drug-likeness (QED) is 0.661. The summed E-state index contributed by atoms with van der Waals surface area (Å²) in [6.45, 7) is 5.08. The largest absolute Gasteiger partial charge is 0.372 e. The topological polar surface area (TPSA) is 66.0 Å². The lowest BCUT2D eigenvalue weighted by molar-refractivity contribution is 0.578. The van der Waals surface area contributed by atoms with Gasteiger partial charge < -0.3 is 15.5 Å². The monoisotopic (exact) mass is 374 g/mol. The van der Waals surface area contributed by atoms with Gasteiger partial charge in [-0.3, -0.25) is 0 Å². The average molecular weight is 374 g/mol. The van der Waals surface area contributed by atoms with E-state index >= 15 is 0 Å². The molecule has 6 nitrogen and oxygen atoms in total. The van der Waals surface area contributed by atoms with Gasteiger partial charge in [-0.05, 0) is 56.0 Å². The van der Waals surface area contributed by atoms with E-state index < -0.39 is 0 Å². The first-order valence-corrected chi connectivity index (χ1v) is 9.87. The lowest BCUT2D eigenvalue weighted by atomic mass is 10.1. The van der Waals surface area contributed by atoms with Gasteiger partial charge in [0.15, 0.2) is 5.82 Å². The van der Waals surface area contributed by atoms with E-state index in [-0.39, 0.29) is 0 Å². The molecule has 0 spiro atoms. The normalized spacial score (nSPS) is 14.0. The van der Waals surface area contributed by atoms with Gasteiger partial charge in [0.2, 0.25) is 5.95 Å². The zero-order valence-electron chi connectivity index (χ0n) is 16.2. The molecular formula is C22H26N6. The van der Waals surface area contributed by atoms with Crippen LogP contribution in [0.15, 0.2) is 54.7 Å². The van der Waals surface area contributed by atoms with Crippen molar-refractivity contribution in [3.8, 4) is 0 Å². The number of rotatable bonds is 6. The lowest BCUT2D eigenvalue weighted by Crippen LogP contribution is -2.29. The minimum Gasteiger partial charge on any atom is -0.372 e. The molecule has 1 aromatic heterocycles. The van der Waals surface area contributed by atoms with Crippen LogP contribution in [-0.4, -0.2) is 28.3 Å². The van der Waals surface area contributed by atoms with Crippen molar-refractivity contribution >= 4 is 23.1 Å². The molecule has 0 aliphatic carbocycles. The first kappa shape index (κ1) is 18.2. The number of nitrogens with one attached hydrogen (secondary N) is 2. The van der Waals surface area contributed by atoms with Crippen molar-refractivity contribution in [3.63, 3.8) is 0 Å². The number of nitrogens with zero attached hydrogens (tertiary/aromatic N) is 4. The number of aryl methyl sites for hydroxylation is 1. The molecule has 0 atom stereocenters. The predicted molar refractivity (Wildman–Crippen MR) is 114 cm³/mol. The number of piperidine rings is 1. The molecule has 144 valence electrons. The van der Waals surface area contributed by atoms with E-state index in [2.05, 4.69) is 86.2 Å². The predicted octanol–water partition coefficient (Wildman–Crippen LogP) is 4.53. The summed E-state index contributed by atoms with van der Waals surface area (Å²) >= 11 is 0. The van der Waals surface area contributed by atoms with Gasteiger partial charge in [-0.15, -0.1) is 5.10 Å². The Morgan fingerprint density at radius 1 is 0.929 bits per heavy atom. The van der Waals surface area contributed by atoms with E-state index in [4.69, 9.17) is 0 Å². The van der Waals surface area contributed by atoms with E-state index in [9.17, 15) is 0 Å². The molecule has 0 saturated carbocycles. The maximum absolute atomic E-state index is 4.51. The molecule has 2 aromatic carbocycles. The summed E-state index contributed by atoms with van der Waals surface area (Å²) in [6, 6.07) is 16.9. The first-order chi connectivity index (χ1) is 13.8. The van der Waals surface area contributed by atoms with E-state index in [0.29, 0.717) is 18.3 Å². The SMILES string of the molecule is Cc1ccc(CNc2cnnc(Nc3ccc(N4CCCCC4)cc3)n2)cc1. The highest BCUT2D eigenvalue weighted by molar-refractivity contribution is 5.59. The zero-order chi connectivity index (χ0) is 19.2. The van der Waals surface area contributed by atoms with E-state index in [1.54, 1.807) is 6.20 Å². The Balaban J connectivity index is 1.36. The molecule has 28 heavy (non-hydrogen) atoms. The summed E-state index contributed by atoms with van der Waals surface area (Å²) in [5.74, 6) is 1.18. The second kappa shape index (κ2) is 8.69. The Labute approximate surface area is 166 Å². The van der Waals surface area contributed by atoms with Crippen molar-refractivity contribution in [2.24, 2.45) is 0 Å². The molecule has 0 bridgehead atoms. The summed E-state index contributed by atoms with van der Waals surface area (Å²) in [7, 11) is 0. The van der Waals surface area contributed by atoms with Crippen LogP contribution in [0.5, 0.6) is 0 Å². The van der Waals surface area contributed by atoms with Crippen molar-refractivity contribution in [1.82, 2.24) is 15.2 Å². The van der Waals surface area contributed by atoms with E-state index in [0.717, 1.165) is 18.8 Å². The van der Waals surface area contributed by atoms with Gasteiger partial charge in [0.1, 0.15) is 0 Å². The van der Waals surface area contributed by atoms with Crippen LogP contribution in [0.4, 0.5) is 23.1 Å². The number of hydrogen-bond acceptors (Lipinski definition) is 6. The van der Waals surface area contributed by atoms with Gasteiger partial charge in [0, 0.05) is 31.0 Å². The number of anilines is 4. The highest BCUT2D eigenvalue weighted by atomic mass is 15.3. The second-order valence-corrected chi connectivity index (χ2v) is 7.22. The third-order valence-electron chi connectivity index (χ3n) is 5.00. The second-order valence-electron chi connectivity index (χ2n) is 7.22. The fourth-order valence-electron chi connectivity index (χ4n) is 3.38. The number of benzene rings is 2. The molecule has 1 aliphatic heterocycles. The van der Waals surface area contributed by atoms with Crippen molar-refractivity contribution < 1.29 is 0 Å². The Morgan fingerprint density at radius 2 is 1.68 bits per heavy atom. The van der Waals surface area contributed by atoms with Gasteiger partial charge in [0.25, 0.3) is 0 Å². The van der Waals surface area contributed by atoms with Gasteiger partial charge in [-0.2, -0.15) is 10.1 Å². The highest BCUT2D eigenvalue weighted by Gasteiger charge is 2.10. The molecule has 0 unspecified atom stereocenters. The molecule has 1 aliphatic rings. The molecule has 6 heteroatoms. The molecule has 2 N–H and O–H groups in total. The lowest BCUT2D eigenvalue weighted by Gasteiger charge is -2.28. The summed E-state index contributed by atoms with van der Waals surface area (Å²) in [4.78, 5) is 6.95. The standard InChI is InChI=1S/C22H26N6/c1-17-5-7-18(8-6-17)15-23-21-16-24-27-22(26-21)25-19-9-11-20(12-10-19)28-13-3-2-4-14-28/h5-12,16H,2-4,13-15H2,1H3,(H2,23,25,26,27). The Bertz CT molecular complexity index is 886. The zero-order valence-corrected chi connectivity index (χ0v) is 16.2. The van der Waals surface area contributed by atoms with Crippen LogP contribution in [0.1, 0.15) is 30.4 Å². The molecule has 0 radical (unpaired) electrons. The van der Waals surface area contributed by atoms with Gasteiger partial charge in [-0.1, -0.05) is 29.8 Å². The van der Waals surface area contributed by atoms with Gasteiger partial charge in [0.05, 0.1) is 6.20 Å². The molecule has 1 saturated heterocycles. The number of hydrogen-bond donors (Lipinski definition) is 2. The van der Waals surface area contributed by atoms with Crippen LogP contribution in [0.25, 0.3) is 0 Å². The minimum absolute atomic E-state index is 0.486. The molecule has 0 amide bonds. The average Bonchev–Trinajstić information content (AvgIpc) is 2.75. The van der Waals surface area contributed by atoms with Crippen molar-refractivity contribution in [2.45, 2.75) is 32.7 Å². The Kier molecular flexibility index (Phi) is 5.66. The van der Waals surface area contributed by atoms with Crippen LogP contribution in [-0.2, 0) is 6.54 Å². The van der Waals surface area contributed by atoms with Crippen molar-refractivity contribution in [3.05, 3.63) is 65.9 Å². The molecule has 3 aromatic rings. The fourth-order valence-corrected chi connectivity index (χ4v) is 3.38. The maximum Gasteiger partial charge on any atom is 0.249 e. The smallest absolute Gasteiger partial charge is 0.249 e. The third-order valence-corrected chi connectivity index (χ3v) is 5.00. The summed E-state index contributed by atoms with van der Waals surface area (Å²) in [6.07, 6.45) is 5.54. The summed E-state index contributed by atoms with van der Waals surface area (Å²) in [5, 5.41) is 14.7. The summed E-state index contributed by atoms with van der Waals surface area (Å²) in [5.41, 5.74) is 4.69. The Hall–Kier alpha value is -3.15. The van der Waals surface area contributed by atoms with Crippen molar-refractivity contribution in [2.75, 3.05) is 28.6 Å². The van der Waals surface area contributed by atoms with Crippen LogP contribution in [0, 0.1) is 6.92 Å². The van der Waals surface area contributed by atoms with Crippen LogP contribution < -0.4 is 15.5 Å². The Morgan fingerprint density at radius 3 is 2.43 bits per heavy atom. The van der Waals surface area contributed by atoms with E-state index in [1.165, 1.54) is 36.1 Å². The van der Waals surface area contributed by atoms with Crippen LogP contribution in [0.3, 0.4) is 0 Å².